The molecule has 7 nitrogen and oxygen atoms in total. The summed E-state index contributed by atoms with van der Waals surface area (Å²) in [6.07, 6.45) is 0.846. The first-order chi connectivity index (χ1) is 13.0. The molecule has 1 saturated heterocycles. The predicted octanol–water partition coefficient (Wildman–Crippen LogP) is 1.36. The number of rotatable bonds is 3. The summed E-state index contributed by atoms with van der Waals surface area (Å²) in [5.74, 6) is -0.647. The van der Waals surface area contributed by atoms with Gasteiger partial charge in [0.05, 0.1) is 5.69 Å². The van der Waals surface area contributed by atoms with Crippen LogP contribution in [-0.2, 0) is 13.0 Å². The lowest BCUT2D eigenvalue weighted by atomic mass is 10.1. The number of hydrogen-bond donors (Lipinski definition) is 2. The summed E-state index contributed by atoms with van der Waals surface area (Å²) in [5.41, 5.74) is 3.31. The molecule has 4 rings (SSSR count). The summed E-state index contributed by atoms with van der Waals surface area (Å²) in [6.45, 7) is 5.03. The minimum Gasteiger partial charge on any atom is -0.366 e. The first-order valence-electron chi connectivity index (χ1n) is 9.16. The number of carbonyl (C=O) groups excluding carboxylic acids is 2. The number of ketones is 1. The highest BCUT2D eigenvalue weighted by Gasteiger charge is 2.28. The predicted molar refractivity (Wildman–Crippen MR) is 98.5 cm³/mol. The first kappa shape index (κ1) is 17.7. The molecule has 0 unspecified atom stereocenters. The highest BCUT2D eigenvalue weighted by atomic mass is 19.1. The molecule has 0 atom stereocenters. The van der Waals surface area contributed by atoms with Gasteiger partial charge in [0, 0.05) is 62.5 Å². The van der Waals surface area contributed by atoms with E-state index in [1.807, 2.05) is 4.90 Å². The van der Waals surface area contributed by atoms with Gasteiger partial charge in [-0.25, -0.2) is 4.39 Å². The smallest absolute Gasteiger partial charge is 0.274 e. The minimum atomic E-state index is -0.407. The van der Waals surface area contributed by atoms with Crippen molar-refractivity contribution in [3.63, 3.8) is 0 Å². The number of carbonyl (C=O) groups is 2. The molecule has 0 aliphatic carbocycles. The van der Waals surface area contributed by atoms with E-state index in [-0.39, 0.29) is 11.7 Å². The molecule has 2 N–H and O–H groups in total. The summed E-state index contributed by atoms with van der Waals surface area (Å²) in [4.78, 5) is 27.9. The third-order valence-corrected chi connectivity index (χ3v) is 5.27. The van der Waals surface area contributed by atoms with Crippen LogP contribution in [0.1, 0.15) is 39.0 Å². The van der Waals surface area contributed by atoms with Crippen LogP contribution in [0.3, 0.4) is 0 Å². The lowest BCUT2D eigenvalue weighted by molar-refractivity contribution is 0.0739. The molecule has 1 fully saturated rings. The van der Waals surface area contributed by atoms with Crippen LogP contribution in [0.5, 0.6) is 0 Å². The van der Waals surface area contributed by atoms with Gasteiger partial charge in [-0.15, -0.1) is 0 Å². The van der Waals surface area contributed by atoms with E-state index in [0.29, 0.717) is 49.7 Å². The quantitative estimate of drug-likeness (QED) is 0.797. The number of piperazine rings is 1. The zero-order valence-electron chi connectivity index (χ0n) is 15.2. The van der Waals surface area contributed by atoms with Gasteiger partial charge in [-0.05, 0) is 25.1 Å². The fourth-order valence-corrected chi connectivity index (χ4v) is 3.68. The Balaban J connectivity index is 1.44. The molecule has 0 saturated carbocycles. The molecular weight excluding hydrogens is 349 g/mol. The number of nitrogens with zero attached hydrogens (tertiary/aromatic N) is 3. The molecule has 2 aliphatic rings. The lowest BCUT2D eigenvalue weighted by Crippen LogP contribution is -2.49. The van der Waals surface area contributed by atoms with Crippen molar-refractivity contribution in [1.82, 2.24) is 20.4 Å². The molecule has 142 valence electrons. The SMILES string of the molecule is CC(=O)c1ccc(N2CCN(C(=O)c3n[nH]c4c3CNCC4)CC2)c(F)c1. The molecule has 2 aliphatic heterocycles. The Hall–Kier alpha value is -2.74. The number of anilines is 1. The van der Waals surface area contributed by atoms with E-state index in [4.69, 9.17) is 0 Å². The molecule has 2 aromatic rings. The van der Waals surface area contributed by atoms with Crippen LogP contribution in [0.2, 0.25) is 0 Å². The van der Waals surface area contributed by atoms with E-state index in [0.717, 1.165) is 24.2 Å². The Kier molecular flexibility index (Phi) is 4.65. The third-order valence-electron chi connectivity index (χ3n) is 5.27. The molecule has 0 spiro atoms. The van der Waals surface area contributed by atoms with E-state index in [1.165, 1.54) is 13.0 Å². The Labute approximate surface area is 156 Å². The monoisotopic (exact) mass is 371 g/mol. The number of halogens is 1. The van der Waals surface area contributed by atoms with Crippen LogP contribution in [0, 0.1) is 5.82 Å². The second-order valence-electron chi connectivity index (χ2n) is 6.96. The molecule has 1 amide bonds. The van der Waals surface area contributed by atoms with E-state index >= 15 is 0 Å². The Bertz CT molecular complexity index is 886. The second-order valence-corrected chi connectivity index (χ2v) is 6.96. The van der Waals surface area contributed by atoms with Gasteiger partial charge >= 0.3 is 0 Å². The highest BCUT2D eigenvalue weighted by molar-refractivity contribution is 5.95. The van der Waals surface area contributed by atoms with Crippen molar-refractivity contribution in [2.45, 2.75) is 19.9 Å². The van der Waals surface area contributed by atoms with E-state index in [9.17, 15) is 14.0 Å². The van der Waals surface area contributed by atoms with Gasteiger partial charge < -0.3 is 15.1 Å². The molecule has 0 radical (unpaired) electrons. The number of Topliss-reactive ketones (excluding diaryl/α,β-unsaturated/α-hetero) is 1. The fourth-order valence-electron chi connectivity index (χ4n) is 3.68. The lowest BCUT2D eigenvalue weighted by Gasteiger charge is -2.36. The summed E-state index contributed by atoms with van der Waals surface area (Å²) in [6, 6.07) is 4.55. The number of nitrogens with one attached hydrogen (secondary N) is 2. The minimum absolute atomic E-state index is 0.0803. The van der Waals surface area contributed by atoms with Crippen molar-refractivity contribution in [3.05, 3.63) is 46.5 Å². The van der Waals surface area contributed by atoms with E-state index < -0.39 is 5.82 Å². The average Bonchev–Trinajstić information content (AvgIpc) is 3.11. The van der Waals surface area contributed by atoms with Crippen LogP contribution < -0.4 is 10.2 Å². The molecular formula is C19H22FN5O2. The summed E-state index contributed by atoms with van der Waals surface area (Å²) in [7, 11) is 0. The summed E-state index contributed by atoms with van der Waals surface area (Å²) >= 11 is 0. The number of hydrogen-bond acceptors (Lipinski definition) is 5. The molecule has 8 heteroatoms. The normalized spacial score (nSPS) is 17.0. The van der Waals surface area contributed by atoms with Crippen molar-refractivity contribution < 1.29 is 14.0 Å². The maximum Gasteiger partial charge on any atom is 0.274 e. The fraction of sp³-hybridized carbons (Fsp3) is 0.421. The number of amides is 1. The topological polar surface area (TPSA) is 81.3 Å². The van der Waals surface area contributed by atoms with Crippen LogP contribution in [0.25, 0.3) is 0 Å². The number of aromatic amines is 1. The van der Waals surface area contributed by atoms with Crippen molar-refractivity contribution in [2.24, 2.45) is 0 Å². The second kappa shape index (κ2) is 7.11. The van der Waals surface area contributed by atoms with Gasteiger partial charge in [0.1, 0.15) is 5.82 Å². The third kappa shape index (κ3) is 3.32. The van der Waals surface area contributed by atoms with Crippen molar-refractivity contribution in [3.8, 4) is 0 Å². The van der Waals surface area contributed by atoms with Gasteiger partial charge in [0.25, 0.3) is 5.91 Å². The zero-order valence-corrected chi connectivity index (χ0v) is 15.2. The Morgan fingerprint density at radius 2 is 1.96 bits per heavy atom. The maximum atomic E-state index is 14.4. The van der Waals surface area contributed by atoms with Crippen LogP contribution >= 0.6 is 0 Å². The molecule has 3 heterocycles. The molecule has 0 bridgehead atoms. The zero-order chi connectivity index (χ0) is 19.0. The Morgan fingerprint density at radius 3 is 2.67 bits per heavy atom. The van der Waals surface area contributed by atoms with Gasteiger partial charge in [0.2, 0.25) is 0 Å². The number of fused-ring (bicyclic) bond motifs is 1. The highest BCUT2D eigenvalue weighted by Crippen LogP contribution is 2.23. The number of benzene rings is 1. The average molecular weight is 371 g/mol. The van der Waals surface area contributed by atoms with Crippen LogP contribution in [0.4, 0.5) is 10.1 Å². The summed E-state index contributed by atoms with van der Waals surface area (Å²) < 4.78 is 14.4. The van der Waals surface area contributed by atoms with E-state index in [2.05, 4.69) is 15.5 Å². The summed E-state index contributed by atoms with van der Waals surface area (Å²) in [5, 5.41) is 10.5. The van der Waals surface area contributed by atoms with Crippen molar-refractivity contribution in [1.29, 1.82) is 0 Å². The van der Waals surface area contributed by atoms with Gasteiger partial charge in [-0.2, -0.15) is 5.10 Å². The van der Waals surface area contributed by atoms with Crippen molar-refractivity contribution >= 4 is 17.4 Å². The standard InChI is InChI=1S/C19H22FN5O2/c1-12(26)13-2-3-17(15(20)10-13)24-6-8-25(9-7-24)19(27)18-14-11-21-5-4-16(14)22-23-18/h2-3,10,21H,4-9,11H2,1H3,(H,22,23). The van der Waals surface area contributed by atoms with Crippen LogP contribution in [0.15, 0.2) is 18.2 Å². The first-order valence-corrected chi connectivity index (χ1v) is 9.16. The number of H-pyrrole nitrogens is 1. The van der Waals surface area contributed by atoms with Crippen LogP contribution in [-0.4, -0.2) is 59.5 Å². The van der Waals surface area contributed by atoms with Gasteiger partial charge in [-0.1, -0.05) is 0 Å². The maximum absolute atomic E-state index is 14.4. The molecule has 1 aromatic carbocycles. The van der Waals surface area contributed by atoms with Gasteiger partial charge in [0.15, 0.2) is 11.5 Å². The number of aromatic nitrogens is 2. The largest absolute Gasteiger partial charge is 0.366 e. The molecule has 1 aromatic heterocycles. The Morgan fingerprint density at radius 1 is 1.19 bits per heavy atom. The van der Waals surface area contributed by atoms with E-state index in [1.54, 1.807) is 17.0 Å². The van der Waals surface area contributed by atoms with Crippen molar-refractivity contribution in [2.75, 3.05) is 37.6 Å². The van der Waals surface area contributed by atoms with Gasteiger partial charge in [-0.3, -0.25) is 14.7 Å². The molecule has 27 heavy (non-hydrogen) atoms.